The lowest BCUT2D eigenvalue weighted by molar-refractivity contribution is 0.200. The Kier molecular flexibility index (Phi) is 5.66. The van der Waals surface area contributed by atoms with E-state index in [-0.39, 0.29) is 11.8 Å². The summed E-state index contributed by atoms with van der Waals surface area (Å²) < 4.78 is 27.5. The minimum absolute atomic E-state index is 0.0470. The number of piperidine rings is 1. The van der Waals surface area contributed by atoms with Gasteiger partial charge in [0, 0.05) is 25.7 Å². The maximum Gasteiger partial charge on any atom is 0.216 e. The molecule has 0 bridgehead atoms. The standard InChI is InChI=1S/C19H24N2O2S/c22-24(23,16-18-9-5-2-6-10-18)20-19-11-13-21(14-12-19)15-17-7-3-1-4-8-17/h1-10,19-20H,11-16H2. The molecule has 4 nitrogen and oxygen atoms in total. The third-order valence-corrected chi connectivity index (χ3v) is 5.79. The quantitative estimate of drug-likeness (QED) is 0.877. The highest BCUT2D eigenvalue weighted by molar-refractivity contribution is 7.88. The van der Waals surface area contributed by atoms with Crippen LogP contribution in [0.2, 0.25) is 0 Å². The van der Waals surface area contributed by atoms with Crippen LogP contribution in [0.15, 0.2) is 60.7 Å². The van der Waals surface area contributed by atoms with E-state index < -0.39 is 10.0 Å². The van der Waals surface area contributed by atoms with Gasteiger partial charge >= 0.3 is 0 Å². The first-order valence-electron chi connectivity index (χ1n) is 8.41. The molecule has 5 heteroatoms. The van der Waals surface area contributed by atoms with Crippen LogP contribution in [0, 0.1) is 0 Å². The van der Waals surface area contributed by atoms with Gasteiger partial charge < -0.3 is 0 Å². The van der Waals surface area contributed by atoms with Crippen LogP contribution in [0.25, 0.3) is 0 Å². The number of hydrogen-bond donors (Lipinski definition) is 1. The van der Waals surface area contributed by atoms with Gasteiger partial charge in [0.1, 0.15) is 0 Å². The van der Waals surface area contributed by atoms with Crippen molar-refractivity contribution in [2.45, 2.75) is 31.2 Å². The lowest BCUT2D eigenvalue weighted by atomic mass is 10.1. The van der Waals surface area contributed by atoms with E-state index in [1.807, 2.05) is 36.4 Å². The van der Waals surface area contributed by atoms with E-state index in [9.17, 15) is 8.42 Å². The molecule has 1 fully saturated rings. The molecule has 24 heavy (non-hydrogen) atoms. The Morgan fingerprint density at radius 2 is 1.42 bits per heavy atom. The molecule has 0 unspecified atom stereocenters. The molecule has 0 aliphatic carbocycles. The second-order valence-corrected chi connectivity index (χ2v) is 8.15. The molecule has 0 spiro atoms. The molecule has 1 aliphatic rings. The van der Waals surface area contributed by atoms with Gasteiger partial charge in [-0.05, 0) is 24.0 Å². The molecule has 3 rings (SSSR count). The number of benzene rings is 2. The summed E-state index contributed by atoms with van der Waals surface area (Å²) in [5.74, 6) is 0.0536. The smallest absolute Gasteiger partial charge is 0.216 e. The maximum absolute atomic E-state index is 12.3. The molecule has 1 aliphatic heterocycles. The molecule has 1 saturated heterocycles. The first-order chi connectivity index (χ1) is 11.6. The SMILES string of the molecule is O=S(=O)(Cc1ccccc1)NC1CCN(Cc2ccccc2)CC1. The Bertz CT molecular complexity index is 724. The number of rotatable bonds is 6. The number of nitrogens with zero attached hydrogens (tertiary/aromatic N) is 1. The minimum Gasteiger partial charge on any atom is -0.299 e. The average molecular weight is 344 g/mol. The van der Waals surface area contributed by atoms with E-state index in [2.05, 4.69) is 33.9 Å². The van der Waals surface area contributed by atoms with Crippen LogP contribution >= 0.6 is 0 Å². The zero-order chi connectivity index (χ0) is 16.8. The highest BCUT2D eigenvalue weighted by atomic mass is 32.2. The predicted octanol–water partition coefficient (Wildman–Crippen LogP) is 2.77. The van der Waals surface area contributed by atoms with E-state index in [4.69, 9.17) is 0 Å². The number of nitrogens with one attached hydrogen (secondary N) is 1. The van der Waals surface area contributed by atoms with Crippen molar-refractivity contribution >= 4 is 10.0 Å². The van der Waals surface area contributed by atoms with E-state index in [1.165, 1.54) is 5.56 Å². The van der Waals surface area contributed by atoms with E-state index in [0.717, 1.165) is 38.0 Å². The van der Waals surface area contributed by atoms with Gasteiger partial charge in [-0.1, -0.05) is 60.7 Å². The van der Waals surface area contributed by atoms with E-state index in [1.54, 1.807) is 0 Å². The van der Waals surface area contributed by atoms with E-state index >= 15 is 0 Å². The van der Waals surface area contributed by atoms with Crippen molar-refractivity contribution in [2.24, 2.45) is 0 Å². The summed E-state index contributed by atoms with van der Waals surface area (Å²) in [4.78, 5) is 2.39. The van der Waals surface area contributed by atoms with Gasteiger partial charge in [0.05, 0.1) is 5.75 Å². The van der Waals surface area contributed by atoms with Crippen molar-refractivity contribution in [3.63, 3.8) is 0 Å². The zero-order valence-corrected chi connectivity index (χ0v) is 14.6. The van der Waals surface area contributed by atoms with Crippen molar-refractivity contribution in [2.75, 3.05) is 13.1 Å². The lowest BCUT2D eigenvalue weighted by Gasteiger charge is -2.32. The molecule has 0 aromatic heterocycles. The predicted molar refractivity (Wildman–Crippen MR) is 96.9 cm³/mol. The molecule has 2 aromatic carbocycles. The molecule has 0 atom stereocenters. The summed E-state index contributed by atoms with van der Waals surface area (Å²) in [5, 5.41) is 0. The third-order valence-electron chi connectivity index (χ3n) is 4.38. The fourth-order valence-electron chi connectivity index (χ4n) is 3.14. The second-order valence-electron chi connectivity index (χ2n) is 6.40. The molecule has 2 aromatic rings. The molecule has 128 valence electrons. The van der Waals surface area contributed by atoms with Gasteiger partial charge in [0.25, 0.3) is 0 Å². The van der Waals surface area contributed by atoms with Gasteiger partial charge in [0.2, 0.25) is 10.0 Å². The van der Waals surface area contributed by atoms with Crippen molar-refractivity contribution in [1.82, 2.24) is 9.62 Å². The normalized spacial score (nSPS) is 17.0. The van der Waals surface area contributed by atoms with Crippen molar-refractivity contribution in [3.8, 4) is 0 Å². The van der Waals surface area contributed by atoms with Gasteiger partial charge in [-0.15, -0.1) is 0 Å². The van der Waals surface area contributed by atoms with E-state index in [0.29, 0.717) is 0 Å². The van der Waals surface area contributed by atoms with Crippen LogP contribution in [-0.4, -0.2) is 32.4 Å². The van der Waals surface area contributed by atoms with Gasteiger partial charge in [0.15, 0.2) is 0 Å². The molecule has 1 heterocycles. The molecular weight excluding hydrogens is 320 g/mol. The van der Waals surface area contributed by atoms with Crippen LogP contribution in [0.4, 0.5) is 0 Å². The Morgan fingerprint density at radius 1 is 0.875 bits per heavy atom. The second kappa shape index (κ2) is 7.92. The highest BCUT2D eigenvalue weighted by Crippen LogP contribution is 2.15. The van der Waals surface area contributed by atoms with Gasteiger partial charge in [-0.3, -0.25) is 4.90 Å². The fraction of sp³-hybridized carbons (Fsp3) is 0.368. The molecule has 0 amide bonds. The minimum atomic E-state index is -3.28. The Labute approximate surface area is 144 Å². The lowest BCUT2D eigenvalue weighted by Crippen LogP contribution is -2.44. The molecule has 0 saturated carbocycles. The average Bonchev–Trinajstić information content (AvgIpc) is 2.58. The number of likely N-dealkylation sites (tertiary alicyclic amines) is 1. The Balaban J connectivity index is 1.48. The first-order valence-corrected chi connectivity index (χ1v) is 10.1. The third kappa shape index (κ3) is 5.16. The van der Waals surface area contributed by atoms with Gasteiger partial charge in [-0.2, -0.15) is 0 Å². The highest BCUT2D eigenvalue weighted by Gasteiger charge is 2.23. The number of hydrogen-bond acceptors (Lipinski definition) is 3. The van der Waals surface area contributed by atoms with Crippen molar-refractivity contribution in [3.05, 3.63) is 71.8 Å². The summed E-state index contributed by atoms with van der Waals surface area (Å²) in [5.41, 5.74) is 2.13. The molecule has 0 radical (unpaired) electrons. The Hall–Kier alpha value is -1.69. The van der Waals surface area contributed by atoms with Crippen LogP contribution in [-0.2, 0) is 22.3 Å². The first kappa shape index (κ1) is 17.1. The molecular formula is C19H24N2O2S. The fourth-order valence-corrected chi connectivity index (χ4v) is 4.60. The van der Waals surface area contributed by atoms with Crippen LogP contribution in [0.3, 0.4) is 0 Å². The summed E-state index contributed by atoms with van der Waals surface area (Å²) in [6, 6.07) is 19.8. The van der Waals surface area contributed by atoms with Gasteiger partial charge in [-0.25, -0.2) is 13.1 Å². The Morgan fingerprint density at radius 3 is 2.00 bits per heavy atom. The van der Waals surface area contributed by atoms with Crippen LogP contribution in [0.5, 0.6) is 0 Å². The van der Waals surface area contributed by atoms with Crippen molar-refractivity contribution in [1.29, 1.82) is 0 Å². The largest absolute Gasteiger partial charge is 0.299 e. The zero-order valence-electron chi connectivity index (χ0n) is 13.8. The van der Waals surface area contributed by atoms with Crippen molar-refractivity contribution < 1.29 is 8.42 Å². The number of sulfonamides is 1. The topological polar surface area (TPSA) is 49.4 Å². The summed E-state index contributed by atoms with van der Waals surface area (Å²) in [6.45, 7) is 2.78. The summed E-state index contributed by atoms with van der Waals surface area (Å²) in [7, 11) is -3.28. The summed E-state index contributed by atoms with van der Waals surface area (Å²) >= 11 is 0. The van der Waals surface area contributed by atoms with Crippen LogP contribution < -0.4 is 4.72 Å². The van der Waals surface area contributed by atoms with Crippen LogP contribution in [0.1, 0.15) is 24.0 Å². The monoisotopic (exact) mass is 344 g/mol. The summed E-state index contributed by atoms with van der Waals surface area (Å²) in [6.07, 6.45) is 1.72. The molecule has 1 N–H and O–H groups in total. The maximum atomic E-state index is 12.3.